The number of hydrogen-bond acceptors (Lipinski definition) is 2. The average Bonchev–Trinajstić information content (AvgIpc) is 3.31. The van der Waals surface area contributed by atoms with Crippen molar-refractivity contribution in [3.8, 4) is 5.75 Å². The third kappa shape index (κ3) is 4.37. The first-order chi connectivity index (χ1) is 10.2. The van der Waals surface area contributed by atoms with Gasteiger partial charge in [0.25, 0.3) is 0 Å². The molecule has 1 fully saturated rings. The molecule has 3 rings (SSSR count). The Balaban J connectivity index is 1.61. The molecule has 2 aromatic rings. The summed E-state index contributed by atoms with van der Waals surface area (Å²) >= 11 is 12.1. The van der Waals surface area contributed by atoms with Crippen molar-refractivity contribution in [1.29, 1.82) is 0 Å². The summed E-state index contributed by atoms with van der Waals surface area (Å²) in [6.07, 6.45) is 2.59. The first-order valence-electron chi connectivity index (χ1n) is 7.10. The van der Waals surface area contributed by atoms with E-state index < -0.39 is 0 Å². The van der Waals surface area contributed by atoms with E-state index in [0.717, 1.165) is 17.9 Å². The average molecular weight is 322 g/mol. The fourth-order valence-corrected chi connectivity index (χ4v) is 2.48. The number of hydrogen-bond donors (Lipinski definition) is 1. The number of halogens is 2. The Bertz CT molecular complexity index is 626. The van der Waals surface area contributed by atoms with Gasteiger partial charge < -0.3 is 10.1 Å². The highest BCUT2D eigenvalue weighted by Gasteiger charge is 2.19. The van der Waals surface area contributed by atoms with Crippen LogP contribution in [-0.4, -0.2) is 6.04 Å². The normalized spacial score (nSPS) is 14.2. The summed E-state index contributed by atoms with van der Waals surface area (Å²) in [5, 5.41) is 4.84. The molecule has 1 aliphatic rings. The molecular weight excluding hydrogens is 305 g/mol. The van der Waals surface area contributed by atoms with Crippen LogP contribution in [0.4, 0.5) is 0 Å². The first-order valence-corrected chi connectivity index (χ1v) is 7.85. The minimum absolute atomic E-state index is 0.416. The van der Waals surface area contributed by atoms with Gasteiger partial charge in [-0.25, -0.2) is 0 Å². The van der Waals surface area contributed by atoms with Crippen molar-refractivity contribution < 1.29 is 4.74 Å². The van der Waals surface area contributed by atoms with Crippen LogP contribution in [0.15, 0.2) is 42.5 Å². The molecule has 0 unspecified atom stereocenters. The summed E-state index contributed by atoms with van der Waals surface area (Å²) in [6, 6.07) is 14.2. The van der Waals surface area contributed by atoms with Crippen LogP contribution in [-0.2, 0) is 13.2 Å². The predicted octanol–water partition coefficient (Wildman–Crippen LogP) is 4.82. The maximum atomic E-state index is 6.14. The molecule has 0 bridgehead atoms. The van der Waals surface area contributed by atoms with Gasteiger partial charge >= 0.3 is 0 Å². The Morgan fingerprint density at radius 2 is 1.95 bits per heavy atom. The standard InChI is InChI=1S/C17H17Cl2NO/c18-14-4-7-17(19)13(9-14)11-21-16-3-1-2-12(8-16)10-20-15-5-6-15/h1-4,7-9,15,20H,5-6,10-11H2. The van der Waals surface area contributed by atoms with Gasteiger partial charge in [-0.2, -0.15) is 0 Å². The molecule has 0 saturated heterocycles. The van der Waals surface area contributed by atoms with Gasteiger partial charge in [0.05, 0.1) is 0 Å². The van der Waals surface area contributed by atoms with E-state index in [2.05, 4.69) is 17.4 Å². The minimum Gasteiger partial charge on any atom is -0.489 e. The molecule has 0 atom stereocenters. The highest BCUT2D eigenvalue weighted by atomic mass is 35.5. The fourth-order valence-electron chi connectivity index (χ4n) is 2.11. The highest BCUT2D eigenvalue weighted by molar-refractivity contribution is 6.33. The number of ether oxygens (including phenoxy) is 1. The van der Waals surface area contributed by atoms with Crippen LogP contribution in [0.1, 0.15) is 24.0 Å². The molecule has 0 heterocycles. The SMILES string of the molecule is Clc1ccc(Cl)c(COc2cccc(CNC3CC3)c2)c1. The molecular formula is C17H17Cl2NO. The van der Waals surface area contributed by atoms with Gasteiger partial charge in [-0.1, -0.05) is 35.3 Å². The van der Waals surface area contributed by atoms with Crippen LogP contribution in [0.2, 0.25) is 10.0 Å². The second-order valence-electron chi connectivity index (χ2n) is 5.33. The van der Waals surface area contributed by atoms with Crippen LogP contribution >= 0.6 is 23.2 Å². The fraction of sp³-hybridized carbons (Fsp3) is 0.294. The van der Waals surface area contributed by atoms with Gasteiger partial charge in [0, 0.05) is 28.2 Å². The Labute approximate surface area is 135 Å². The Morgan fingerprint density at radius 1 is 1.10 bits per heavy atom. The minimum atomic E-state index is 0.416. The van der Waals surface area contributed by atoms with E-state index in [4.69, 9.17) is 27.9 Å². The van der Waals surface area contributed by atoms with E-state index in [0.29, 0.717) is 22.7 Å². The molecule has 0 amide bonds. The molecule has 21 heavy (non-hydrogen) atoms. The number of rotatable bonds is 6. The molecule has 0 aromatic heterocycles. The van der Waals surface area contributed by atoms with Crippen LogP contribution in [0.3, 0.4) is 0 Å². The maximum absolute atomic E-state index is 6.14. The zero-order valence-corrected chi connectivity index (χ0v) is 13.1. The molecule has 2 nitrogen and oxygen atoms in total. The molecule has 2 aromatic carbocycles. The van der Waals surface area contributed by atoms with Crippen LogP contribution in [0.25, 0.3) is 0 Å². The topological polar surface area (TPSA) is 21.3 Å². The summed E-state index contributed by atoms with van der Waals surface area (Å²) < 4.78 is 5.82. The van der Waals surface area contributed by atoms with E-state index in [-0.39, 0.29) is 0 Å². The van der Waals surface area contributed by atoms with Crippen molar-refractivity contribution in [2.75, 3.05) is 0 Å². The van der Waals surface area contributed by atoms with Gasteiger partial charge in [0.2, 0.25) is 0 Å². The van der Waals surface area contributed by atoms with Crippen molar-refractivity contribution >= 4 is 23.2 Å². The van der Waals surface area contributed by atoms with Crippen molar-refractivity contribution in [2.45, 2.75) is 32.0 Å². The summed E-state index contributed by atoms with van der Waals surface area (Å²) in [6.45, 7) is 1.30. The second kappa shape index (κ2) is 6.69. The van der Waals surface area contributed by atoms with Crippen molar-refractivity contribution in [3.63, 3.8) is 0 Å². The lowest BCUT2D eigenvalue weighted by Gasteiger charge is -2.10. The van der Waals surface area contributed by atoms with Gasteiger partial charge in [-0.15, -0.1) is 0 Å². The summed E-state index contributed by atoms with van der Waals surface area (Å²) in [4.78, 5) is 0. The van der Waals surface area contributed by atoms with E-state index in [1.165, 1.54) is 18.4 Å². The molecule has 110 valence electrons. The van der Waals surface area contributed by atoms with Gasteiger partial charge in [-0.3, -0.25) is 0 Å². The lowest BCUT2D eigenvalue weighted by atomic mass is 10.2. The molecule has 0 radical (unpaired) electrons. The zero-order chi connectivity index (χ0) is 14.7. The van der Waals surface area contributed by atoms with Crippen LogP contribution in [0.5, 0.6) is 5.75 Å². The molecule has 1 saturated carbocycles. The monoisotopic (exact) mass is 321 g/mol. The largest absolute Gasteiger partial charge is 0.489 e. The highest BCUT2D eigenvalue weighted by Crippen LogP contribution is 2.23. The molecule has 0 spiro atoms. The number of nitrogens with one attached hydrogen (secondary N) is 1. The molecule has 1 aliphatic carbocycles. The lowest BCUT2D eigenvalue weighted by molar-refractivity contribution is 0.306. The third-order valence-corrected chi connectivity index (χ3v) is 4.08. The molecule has 4 heteroatoms. The lowest BCUT2D eigenvalue weighted by Crippen LogP contribution is -2.15. The summed E-state index contributed by atoms with van der Waals surface area (Å²) in [5.41, 5.74) is 2.13. The third-order valence-electron chi connectivity index (χ3n) is 3.47. The quantitative estimate of drug-likeness (QED) is 0.823. The smallest absolute Gasteiger partial charge is 0.120 e. The Morgan fingerprint density at radius 3 is 2.76 bits per heavy atom. The number of benzene rings is 2. The van der Waals surface area contributed by atoms with Crippen molar-refractivity contribution in [2.24, 2.45) is 0 Å². The van der Waals surface area contributed by atoms with Crippen molar-refractivity contribution in [3.05, 3.63) is 63.6 Å². The van der Waals surface area contributed by atoms with Gasteiger partial charge in [0.15, 0.2) is 0 Å². The van der Waals surface area contributed by atoms with E-state index in [1.54, 1.807) is 12.1 Å². The van der Waals surface area contributed by atoms with Gasteiger partial charge in [0.1, 0.15) is 12.4 Å². The Hall–Kier alpha value is -1.22. The second-order valence-corrected chi connectivity index (χ2v) is 6.17. The van der Waals surface area contributed by atoms with E-state index in [9.17, 15) is 0 Å². The van der Waals surface area contributed by atoms with E-state index >= 15 is 0 Å². The van der Waals surface area contributed by atoms with Crippen LogP contribution in [0, 0.1) is 0 Å². The summed E-state index contributed by atoms with van der Waals surface area (Å²) in [7, 11) is 0. The summed E-state index contributed by atoms with van der Waals surface area (Å²) in [5.74, 6) is 0.848. The zero-order valence-electron chi connectivity index (χ0n) is 11.6. The van der Waals surface area contributed by atoms with E-state index in [1.807, 2.05) is 18.2 Å². The predicted molar refractivity (Wildman–Crippen MR) is 87.1 cm³/mol. The molecule has 1 N–H and O–H groups in total. The Kier molecular flexibility index (Phi) is 4.69. The van der Waals surface area contributed by atoms with Gasteiger partial charge in [-0.05, 0) is 48.7 Å². The maximum Gasteiger partial charge on any atom is 0.120 e. The first kappa shape index (κ1) is 14.7. The van der Waals surface area contributed by atoms with Crippen molar-refractivity contribution in [1.82, 2.24) is 5.32 Å². The van der Waals surface area contributed by atoms with Crippen LogP contribution < -0.4 is 10.1 Å². The molecule has 0 aliphatic heterocycles.